The van der Waals surface area contributed by atoms with Crippen molar-refractivity contribution in [2.45, 2.75) is 91.4 Å². The molecule has 0 aliphatic carbocycles. The van der Waals surface area contributed by atoms with Crippen LogP contribution < -0.4 is 4.74 Å². The summed E-state index contributed by atoms with van der Waals surface area (Å²) < 4.78 is 5.51. The lowest BCUT2D eigenvalue weighted by atomic mass is 10.0. The van der Waals surface area contributed by atoms with E-state index in [9.17, 15) is 4.79 Å². The van der Waals surface area contributed by atoms with E-state index in [4.69, 9.17) is 4.74 Å². The van der Waals surface area contributed by atoms with E-state index in [2.05, 4.69) is 55.0 Å². The Labute approximate surface area is 217 Å². The molecular weight excluding hydrogens is 444 g/mol. The van der Waals surface area contributed by atoms with E-state index in [1.807, 2.05) is 36.7 Å². The number of rotatable bonds is 15. The van der Waals surface area contributed by atoms with Gasteiger partial charge in [-0.25, -0.2) is 9.97 Å². The number of carbonyl (C=O) groups is 1. The molecule has 0 amide bonds. The highest BCUT2D eigenvalue weighted by molar-refractivity contribution is 5.73. The van der Waals surface area contributed by atoms with Gasteiger partial charge < -0.3 is 4.74 Å². The van der Waals surface area contributed by atoms with Gasteiger partial charge in [-0.1, -0.05) is 102 Å². The van der Waals surface area contributed by atoms with Gasteiger partial charge in [0, 0.05) is 29.9 Å². The summed E-state index contributed by atoms with van der Waals surface area (Å²) in [5.41, 5.74) is 4.33. The Balaban J connectivity index is 1.47. The summed E-state index contributed by atoms with van der Waals surface area (Å²) in [6.07, 6.45) is 16.0. The average Bonchev–Trinajstić information content (AvgIpc) is 2.91. The lowest BCUT2D eigenvalue weighted by Gasteiger charge is -2.08. The standard InChI is InChI=1S/C32H42N2O2/c1-4-6-7-10-13-26-15-17-28(18-16-26)32-33-23-29(24-34-32)27-19-21-30(22-20-27)36-31(35)14-11-8-9-12-25(3)5-2/h15-25H,4-14H2,1-3H3. The number of hydrogen-bond donors (Lipinski definition) is 0. The minimum atomic E-state index is -0.161. The van der Waals surface area contributed by atoms with Gasteiger partial charge in [0.1, 0.15) is 5.75 Å². The number of ether oxygens (including phenoxy) is 1. The van der Waals surface area contributed by atoms with Crippen LogP contribution in [0.25, 0.3) is 22.5 Å². The van der Waals surface area contributed by atoms with Crippen LogP contribution in [-0.2, 0) is 11.2 Å². The largest absolute Gasteiger partial charge is 0.427 e. The molecular formula is C32H42N2O2. The zero-order valence-corrected chi connectivity index (χ0v) is 22.3. The average molecular weight is 487 g/mol. The number of hydrogen-bond acceptors (Lipinski definition) is 4. The van der Waals surface area contributed by atoms with E-state index in [0.717, 1.165) is 47.7 Å². The van der Waals surface area contributed by atoms with Crippen molar-refractivity contribution in [3.05, 3.63) is 66.5 Å². The van der Waals surface area contributed by atoms with Crippen LogP contribution in [0.3, 0.4) is 0 Å². The molecule has 1 unspecified atom stereocenters. The van der Waals surface area contributed by atoms with Gasteiger partial charge in [0.2, 0.25) is 0 Å². The van der Waals surface area contributed by atoms with Crippen LogP contribution in [0.4, 0.5) is 0 Å². The van der Waals surface area contributed by atoms with Crippen molar-refractivity contribution >= 4 is 5.97 Å². The molecule has 0 aliphatic rings. The molecule has 0 radical (unpaired) electrons. The maximum absolute atomic E-state index is 12.1. The van der Waals surface area contributed by atoms with Crippen molar-refractivity contribution in [1.29, 1.82) is 0 Å². The number of nitrogens with zero attached hydrogens (tertiary/aromatic N) is 2. The molecule has 0 spiro atoms. The van der Waals surface area contributed by atoms with E-state index in [0.29, 0.717) is 12.2 Å². The van der Waals surface area contributed by atoms with Crippen LogP contribution in [0.2, 0.25) is 0 Å². The van der Waals surface area contributed by atoms with Gasteiger partial charge in [0.05, 0.1) is 0 Å². The predicted molar refractivity (Wildman–Crippen MR) is 149 cm³/mol. The number of aromatic nitrogens is 2. The fraction of sp³-hybridized carbons (Fsp3) is 0.469. The third-order valence-corrected chi connectivity index (χ3v) is 6.88. The first kappa shape index (κ1) is 27.6. The molecule has 0 N–H and O–H groups in total. The second-order valence-electron chi connectivity index (χ2n) is 9.91. The summed E-state index contributed by atoms with van der Waals surface area (Å²) in [5.74, 6) is 1.92. The monoisotopic (exact) mass is 486 g/mol. The fourth-order valence-electron chi connectivity index (χ4n) is 4.24. The molecule has 2 aromatic carbocycles. The second kappa shape index (κ2) is 15.2. The van der Waals surface area contributed by atoms with Gasteiger partial charge in [-0.05, 0) is 48.4 Å². The number of esters is 1. The summed E-state index contributed by atoms with van der Waals surface area (Å²) in [5, 5.41) is 0. The Bertz CT molecular complexity index is 1030. The molecule has 1 heterocycles. The van der Waals surface area contributed by atoms with Crippen molar-refractivity contribution in [3.8, 4) is 28.3 Å². The van der Waals surface area contributed by atoms with E-state index in [-0.39, 0.29) is 5.97 Å². The number of benzene rings is 2. The highest BCUT2D eigenvalue weighted by Crippen LogP contribution is 2.24. The Kier molecular flexibility index (Phi) is 11.6. The summed E-state index contributed by atoms with van der Waals surface area (Å²) in [6.45, 7) is 6.75. The Hall–Kier alpha value is -3.01. The van der Waals surface area contributed by atoms with Gasteiger partial charge in [-0.15, -0.1) is 0 Å². The van der Waals surface area contributed by atoms with Gasteiger partial charge >= 0.3 is 5.97 Å². The molecule has 0 saturated heterocycles. The van der Waals surface area contributed by atoms with Crippen molar-refractivity contribution in [1.82, 2.24) is 9.97 Å². The molecule has 4 nitrogen and oxygen atoms in total. The molecule has 1 aromatic heterocycles. The molecule has 36 heavy (non-hydrogen) atoms. The second-order valence-corrected chi connectivity index (χ2v) is 9.91. The van der Waals surface area contributed by atoms with Crippen molar-refractivity contribution in [3.63, 3.8) is 0 Å². The van der Waals surface area contributed by atoms with Crippen LogP contribution in [0.1, 0.15) is 90.5 Å². The summed E-state index contributed by atoms with van der Waals surface area (Å²) in [4.78, 5) is 21.3. The predicted octanol–water partition coefficient (Wildman–Crippen LogP) is 8.84. The Morgan fingerprint density at radius 2 is 1.44 bits per heavy atom. The first-order chi connectivity index (χ1) is 17.6. The molecule has 192 valence electrons. The van der Waals surface area contributed by atoms with Gasteiger partial charge in [-0.2, -0.15) is 0 Å². The van der Waals surface area contributed by atoms with Crippen molar-refractivity contribution in [2.24, 2.45) is 5.92 Å². The van der Waals surface area contributed by atoms with Crippen LogP contribution in [0.5, 0.6) is 5.75 Å². The summed E-state index contributed by atoms with van der Waals surface area (Å²) >= 11 is 0. The molecule has 3 rings (SSSR count). The topological polar surface area (TPSA) is 52.1 Å². The zero-order valence-electron chi connectivity index (χ0n) is 22.3. The number of carbonyl (C=O) groups excluding carboxylic acids is 1. The fourth-order valence-corrected chi connectivity index (χ4v) is 4.24. The summed E-state index contributed by atoms with van der Waals surface area (Å²) in [6, 6.07) is 16.2. The van der Waals surface area contributed by atoms with Gasteiger partial charge in [-0.3, -0.25) is 4.79 Å². The SMILES string of the molecule is CCCCCCc1ccc(-c2ncc(-c3ccc(OC(=O)CCCCCC(C)CC)cc3)cn2)cc1. The first-order valence-corrected chi connectivity index (χ1v) is 13.8. The highest BCUT2D eigenvalue weighted by atomic mass is 16.5. The summed E-state index contributed by atoms with van der Waals surface area (Å²) in [7, 11) is 0. The third kappa shape index (κ3) is 9.22. The van der Waals surface area contributed by atoms with Gasteiger partial charge in [0.15, 0.2) is 5.82 Å². The molecule has 1 atom stereocenters. The quantitative estimate of drug-likeness (QED) is 0.122. The Morgan fingerprint density at radius 1 is 0.778 bits per heavy atom. The van der Waals surface area contributed by atoms with E-state index >= 15 is 0 Å². The normalized spacial score (nSPS) is 11.9. The number of aryl methyl sites for hydroxylation is 1. The maximum atomic E-state index is 12.1. The van der Waals surface area contributed by atoms with Crippen LogP contribution in [-0.4, -0.2) is 15.9 Å². The molecule has 0 fully saturated rings. The molecule has 4 heteroatoms. The highest BCUT2D eigenvalue weighted by Gasteiger charge is 2.08. The Morgan fingerprint density at radius 3 is 2.11 bits per heavy atom. The van der Waals surface area contributed by atoms with E-state index in [1.54, 1.807) is 0 Å². The molecule has 0 bridgehead atoms. The smallest absolute Gasteiger partial charge is 0.311 e. The van der Waals surface area contributed by atoms with Crippen molar-refractivity contribution in [2.75, 3.05) is 0 Å². The van der Waals surface area contributed by atoms with E-state index in [1.165, 1.54) is 50.5 Å². The van der Waals surface area contributed by atoms with Crippen molar-refractivity contribution < 1.29 is 9.53 Å². The minimum Gasteiger partial charge on any atom is -0.427 e. The maximum Gasteiger partial charge on any atom is 0.311 e. The van der Waals surface area contributed by atoms with E-state index < -0.39 is 0 Å². The molecule has 0 aliphatic heterocycles. The van der Waals surface area contributed by atoms with Crippen LogP contribution in [0.15, 0.2) is 60.9 Å². The zero-order chi connectivity index (χ0) is 25.6. The first-order valence-electron chi connectivity index (χ1n) is 13.8. The van der Waals surface area contributed by atoms with Crippen LogP contribution in [0, 0.1) is 5.92 Å². The van der Waals surface area contributed by atoms with Crippen LogP contribution >= 0.6 is 0 Å². The minimum absolute atomic E-state index is 0.161. The molecule has 3 aromatic rings. The lowest BCUT2D eigenvalue weighted by molar-refractivity contribution is -0.134. The van der Waals surface area contributed by atoms with Gasteiger partial charge in [0.25, 0.3) is 0 Å². The lowest BCUT2D eigenvalue weighted by Crippen LogP contribution is -2.07. The molecule has 0 saturated carbocycles. The number of unbranched alkanes of at least 4 members (excludes halogenated alkanes) is 5. The third-order valence-electron chi connectivity index (χ3n) is 6.88.